The number of aryl methyl sites for hydroxylation is 1. The van der Waals surface area contributed by atoms with Gasteiger partial charge in [0.1, 0.15) is 11.5 Å². The van der Waals surface area contributed by atoms with Crippen LogP contribution in [0.15, 0.2) is 28.8 Å². The average Bonchev–Trinajstić information content (AvgIpc) is 2.51. The summed E-state index contributed by atoms with van der Waals surface area (Å²) in [5, 5.41) is 5.06. The zero-order valence-electron chi connectivity index (χ0n) is 7.42. The highest BCUT2D eigenvalue weighted by atomic mass is 35.5. The third kappa shape index (κ3) is 1.76. The number of benzene rings is 1. The first-order chi connectivity index (χ1) is 6.66. The standard InChI is InChI=1S/C10H7Cl2NO/c1-6-4-10(13-14-6)8-3-2-7(11)5-9(8)12/h2-5H,1H3. The molecule has 1 heterocycles. The third-order valence-electron chi connectivity index (χ3n) is 1.84. The van der Waals surface area contributed by atoms with E-state index in [0.29, 0.717) is 10.0 Å². The van der Waals surface area contributed by atoms with Gasteiger partial charge in [0.25, 0.3) is 0 Å². The van der Waals surface area contributed by atoms with Crippen molar-refractivity contribution in [3.63, 3.8) is 0 Å². The van der Waals surface area contributed by atoms with Crippen LogP contribution in [0.4, 0.5) is 0 Å². The summed E-state index contributed by atoms with van der Waals surface area (Å²) in [6.07, 6.45) is 0. The van der Waals surface area contributed by atoms with Gasteiger partial charge in [0.15, 0.2) is 0 Å². The fourth-order valence-corrected chi connectivity index (χ4v) is 1.70. The van der Waals surface area contributed by atoms with Gasteiger partial charge >= 0.3 is 0 Å². The van der Waals surface area contributed by atoms with Crippen molar-refractivity contribution in [3.05, 3.63) is 40.1 Å². The van der Waals surface area contributed by atoms with Crippen LogP contribution in [0.1, 0.15) is 5.76 Å². The zero-order valence-corrected chi connectivity index (χ0v) is 8.93. The van der Waals surface area contributed by atoms with Gasteiger partial charge in [-0.05, 0) is 25.1 Å². The predicted molar refractivity (Wildman–Crippen MR) is 56.7 cm³/mol. The first-order valence-corrected chi connectivity index (χ1v) is 4.81. The van der Waals surface area contributed by atoms with Gasteiger partial charge in [-0.15, -0.1) is 0 Å². The number of nitrogens with zero attached hydrogens (tertiary/aromatic N) is 1. The molecule has 0 aliphatic rings. The Labute approximate surface area is 91.4 Å². The van der Waals surface area contributed by atoms with Crippen LogP contribution in [0.25, 0.3) is 11.3 Å². The molecule has 1 aromatic carbocycles. The molecule has 0 saturated carbocycles. The topological polar surface area (TPSA) is 26.0 Å². The van der Waals surface area contributed by atoms with Gasteiger partial charge in [0.05, 0.1) is 5.02 Å². The summed E-state index contributed by atoms with van der Waals surface area (Å²) in [4.78, 5) is 0. The molecule has 1 aromatic heterocycles. The van der Waals surface area contributed by atoms with Crippen molar-refractivity contribution in [1.82, 2.24) is 5.16 Å². The van der Waals surface area contributed by atoms with E-state index >= 15 is 0 Å². The molecule has 14 heavy (non-hydrogen) atoms. The Hall–Kier alpha value is -0.990. The van der Waals surface area contributed by atoms with Crippen LogP contribution in [0, 0.1) is 6.92 Å². The van der Waals surface area contributed by atoms with Crippen molar-refractivity contribution in [1.29, 1.82) is 0 Å². The van der Waals surface area contributed by atoms with E-state index in [1.165, 1.54) is 0 Å². The lowest BCUT2D eigenvalue weighted by Crippen LogP contribution is -1.78. The van der Waals surface area contributed by atoms with Gasteiger partial charge in [-0.2, -0.15) is 0 Å². The predicted octanol–water partition coefficient (Wildman–Crippen LogP) is 3.96. The molecule has 0 spiro atoms. The Kier molecular flexibility index (Phi) is 2.48. The summed E-state index contributed by atoms with van der Waals surface area (Å²) in [7, 11) is 0. The van der Waals surface area contributed by atoms with E-state index in [9.17, 15) is 0 Å². The summed E-state index contributed by atoms with van der Waals surface area (Å²) < 4.78 is 4.96. The molecule has 0 N–H and O–H groups in total. The molecule has 0 amide bonds. The second-order valence-corrected chi connectivity index (χ2v) is 3.79. The van der Waals surface area contributed by atoms with E-state index in [1.54, 1.807) is 12.1 Å². The molecule has 4 heteroatoms. The Balaban J connectivity index is 2.52. The van der Waals surface area contributed by atoms with Gasteiger partial charge in [0.2, 0.25) is 0 Å². The van der Waals surface area contributed by atoms with E-state index < -0.39 is 0 Å². The highest BCUT2D eigenvalue weighted by molar-refractivity contribution is 6.36. The Morgan fingerprint density at radius 2 is 2.00 bits per heavy atom. The maximum atomic E-state index is 6.01. The first-order valence-electron chi connectivity index (χ1n) is 4.05. The number of hydrogen-bond donors (Lipinski definition) is 0. The summed E-state index contributed by atoms with van der Waals surface area (Å²) >= 11 is 11.8. The molecule has 0 fully saturated rings. The fraction of sp³-hybridized carbons (Fsp3) is 0.100. The summed E-state index contributed by atoms with van der Waals surface area (Å²) in [5.74, 6) is 0.756. The largest absolute Gasteiger partial charge is 0.361 e. The first kappa shape index (κ1) is 9.56. The van der Waals surface area contributed by atoms with Crippen molar-refractivity contribution in [3.8, 4) is 11.3 Å². The fourth-order valence-electron chi connectivity index (χ4n) is 1.19. The molecular weight excluding hydrogens is 221 g/mol. The Morgan fingerprint density at radius 3 is 2.57 bits per heavy atom. The SMILES string of the molecule is Cc1cc(-c2ccc(Cl)cc2Cl)no1. The molecular formula is C10H7Cl2NO. The smallest absolute Gasteiger partial charge is 0.134 e. The van der Waals surface area contributed by atoms with E-state index in [1.807, 2.05) is 19.1 Å². The number of rotatable bonds is 1. The summed E-state index contributed by atoms with van der Waals surface area (Å²) in [5.41, 5.74) is 1.55. The van der Waals surface area contributed by atoms with Gasteiger partial charge in [-0.3, -0.25) is 0 Å². The molecule has 2 rings (SSSR count). The highest BCUT2D eigenvalue weighted by Crippen LogP contribution is 2.29. The van der Waals surface area contributed by atoms with Crippen LogP contribution in [0.5, 0.6) is 0 Å². The van der Waals surface area contributed by atoms with E-state index in [2.05, 4.69) is 5.16 Å². The van der Waals surface area contributed by atoms with Crippen molar-refractivity contribution in [2.75, 3.05) is 0 Å². The molecule has 2 nitrogen and oxygen atoms in total. The molecule has 0 radical (unpaired) electrons. The monoisotopic (exact) mass is 227 g/mol. The van der Waals surface area contributed by atoms with Gasteiger partial charge in [0, 0.05) is 16.7 Å². The lowest BCUT2D eigenvalue weighted by Gasteiger charge is -1.99. The van der Waals surface area contributed by atoms with Gasteiger partial charge in [-0.25, -0.2) is 0 Å². The molecule has 0 saturated heterocycles. The van der Waals surface area contributed by atoms with E-state index in [4.69, 9.17) is 27.7 Å². The minimum absolute atomic E-state index is 0.575. The van der Waals surface area contributed by atoms with Crippen LogP contribution < -0.4 is 0 Å². The Morgan fingerprint density at radius 1 is 1.21 bits per heavy atom. The maximum Gasteiger partial charge on any atom is 0.134 e. The van der Waals surface area contributed by atoms with Crippen LogP contribution in [-0.4, -0.2) is 5.16 Å². The lowest BCUT2D eigenvalue weighted by atomic mass is 10.1. The second kappa shape index (κ2) is 3.64. The molecule has 0 unspecified atom stereocenters. The summed E-state index contributed by atoms with van der Waals surface area (Å²) in [6.45, 7) is 1.83. The van der Waals surface area contributed by atoms with Crippen LogP contribution >= 0.6 is 23.2 Å². The van der Waals surface area contributed by atoms with Crippen LogP contribution in [-0.2, 0) is 0 Å². The molecule has 0 atom stereocenters. The Bertz CT molecular complexity index is 465. The van der Waals surface area contributed by atoms with Gasteiger partial charge < -0.3 is 4.52 Å². The minimum Gasteiger partial charge on any atom is -0.361 e. The quantitative estimate of drug-likeness (QED) is 0.738. The van der Waals surface area contributed by atoms with Crippen molar-refractivity contribution in [2.24, 2.45) is 0 Å². The highest BCUT2D eigenvalue weighted by Gasteiger charge is 2.08. The lowest BCUT2D eigenvalue weighted by molar-refractivity contribution is 0.399. The minimum atomic E-state index is 0.575. The maximum absolute atomic E-state index is 6.01. The molecule has 0 aliphatic heterocycles. The van der Waals surface area contributed by atoms with E-state index in [0.717, 1.165) is 17.0 Å². The summed E-state index contributed by atoms with van der Waals surface area (Å²) in [6, 6.07) is 7.10. The molecule has 2 aromatic rings. The van der Waals surface area contributed by atoms with Crippen molar-refractivity contribution < 1.29 is 4.52 Å². The molecule has 72 valence electrons. The second-order valence-electron chi connectivity index (χ2n) is 2.95. The van der Waals surface area contributed by atoms with Gasteiger partial charge in [-0.1, -0.05) is 28.4 Å². The number of aromatic nitrogens is 1. The number of halogens is 2. The normalized spacial score (nSPS) is 10.5. The number of hydrogen-bond acceptors (Lipinski definition) is 2. The molecule has 0 bridgehead atoms. The third-order valence-corrected chi connectivity index (χ3v) is 2.38. The molecule has 0 aliphatic carbocycles. The van der Waals surface area contributed by atoms with Crippen molar-refractivity contribution in [2.45, 2.75) is 6.92 Å². The van der Waals surface area contributed by atoms with Crippen LogP contribution in [0.3, 0.4) is 0 Å². The zero-order chi connectivity index (χ0) is 10.1. The van der Waals surface area contributed by atoms with Crippen LogP contribution in [0.2, 0.25) is 10.0 Å². The van der Waals surface area contributed by atoms with E-state index in [-0.39, 0.29) is 0 Å². The van der Waals surface area contributed by atoms with Crippen molar-refractivity contribution >= 4 is 23.2 Å². The average molecular weight is 228 g/mol.